The molecule has 2 heterocycles. The normalized spacial score (nSPS) is 20.0. The van der Waals surface area contributed by atoms with E-state index in [9.17, 15) is 19.2 Å². The van der Waals surface area contributed by atoms with Crippen LogP contribution >= 0.6 is 0 Å². The van der Waals surface area contributed by atoms with Gasteiger partial charge in [0.15, 0.2) is 11.1 Å². The van der Waals surface area contributed by atoms with Crippen LogP contribution in [-0.4, -0.2) is 61.4 Å². The predicted octanol–water partition coefficient (Wildman–Crippen LogP) is 4.82. The van der Waals surface area contributed by atoms with Crippen molar-refractivity contribution in [2.45, 2.75) is 52.6 Å². The van der Waals surface area contributed by atoms with Crippen LogP contribution in [0.1, 0.15) is 52.7 Å². The monoisotopic (exact) mass is 591 g/mol. The minimum absolute atomic E-state index is 0.168. The summed E-state index contributed by atoms with van der Waals surface area (Å²) < 4.78 is 21.1. The van der Waals surface area contributed by atoms with Gasteiger partial charge in [-0.3, -0.25) is 0 Å². The lowest BCUT2D eigenvalue weighted by Gasteiger charge is -2.33. The fraction of sp³-hybridized carbons (Fsp3) is 0.375. The molecule has 2 aromatic rings. The maximum absolute atomic E-state index is 13.0. The first kappa shape index (κ1) is 31.1. The average Bonchev–Trinajstić information content (AvgIpc) is 2.97. The Morgan fingerprint density at radius 3 is 1.35 bits per heavy atom. The van der Waals surface area contributed by atoms with Crippen LogP contribution in [0, 0.1) is 0 Å². The van der Waals surface area contributed by atoms with Crippen molar-refractivity contribution in [3.8, 4) is 0 Å². The number of carbonyl (C=O) groups is 4. The molecular weight excluding hydrogens is 554 g/mol. The number of ether oxygens (including phenoxy) is 4. The standard InChI is InChI=1S/C32H37N3O8/c1-7-40-27(36)23-17-31(5,29(38)42-9-3)34-25-13-11-19(15-21(23)25)33-20-12-14-26-22(16-20)24(28(37)41-8-2)18-32(6,35-26)30(39)43-10-4/h11-18,33-35H,7-10H2,1-6H3. The van der Waals surface area contributed by atoms with Crippen LogP contribution in [0.25, 0.3) is 11.1 Å². The number of hydrogen-bond donors (Lipinski definition) is 3. The van der Waals surface area contributed by atoms with Gasteiger partial charge in [0.2, 0.25) is 0 Å². The van der Waals surface area contributed by atoms with E-state index in [4.69, 9.17) is 18.9 Å². The van der Waals surface area contributed by atoms with Gasteiger partial charge in [0.25, 0.3) is 0 Å². The largest absolute Gasteiger partial charge is 0.464 e. The van der Waals surface area contributed by atoms with Gasteiger partial charge >= 0.3 is 23.9 Å². The number of esters is 4. The first-order valence-corrected chi connectivity index (χ1v) is 14.2. The minimum atomic E-state index is -1.26. The third kappa shape index (κ3) is 6.35. The first-order valence-electron chi connectivity index (χ1n) is 14.2. The molecule has 4 rings (SSSR count). The summed E-state index contributed by atoms with van der Waals surface area (Å²) in [5.41, 5.74) is 1.42. The molecule has 11 nitrogen and oxygen atoms in total. The van der Waals surface area contributed by atoms with Crippen molar-refractivity contribution in [1.29, 1.82) is 0 Å². The summed E-state index contributed by atoms with van der Waals surface area (Å²) in [7, 11) is 0. The SMILES string of the molecule is CCOC(=O)C1=CC(C)(C(=O)OCC)Nc2ccc(Nc3ccc4c(c3)C(C(=O)OCC)=CC(C)(C(=O)OCC)N4)cc21. The molecule has 2 aromatic carbocycles. The lowest BCUT2D eigenvalue weighted by molar-refractivity contribution is -0.147. The zero-order valence-corrected chi connectivity index (χ0v) is 25.2. The highest BCUT2D eigenvalue weighted by Gasteiger charge is 2.40. The molecule has 2 unspecified atom stereocenters. The highest BCUT2D eigenvalue weighted by Crippen LogP contribution is 2.40. The van der Waals surface area contributed by atoms with Gasteiger partial charge in [0.05, 0.1) is 37.6 Å². The average molecular weight is 592 g/mol. The number of rotatable bonds is 10. The molecule has 0 aliphatic carbocycles. The maximum atomic E-state index is 13.0. The van der Waals surface area contributed by atoms with Gasteiger partial charge in [0, 0.05) is 33.9 Å². The van der Waals surface area contributed by atoms with Crippen molar-refractivity contribution in [3.63, 3.8) is 0 Å². The van der Waals surface area contributed by atoms with Crippen LogP contribution in [0.15, 0.2) is 48.6 Å². The van der Waals surface area contributed by atoms with E-state index in [1.165, 1.54) is 12.2 Å². The van der Waals surface area contributed by atoms with Crippen LogP contribution in [0.2, 0.25) is 0 Å². The topological polar surface area (TPSA) is 141 Å². The molecule has 11 heteroatoms. The molecule has 0 saturated carbocycles. The Hall–Kier alpha value is -4.80. The second-order valence-electron chi connectivity index (χ2n) is 10.3. The third-order valence-corrected chi connectivity index (χ3v) is 6.95. The van der Waals surface area contributed by atoms with Gasteiger partial charge in [-0.2, -0.15) is 0 Å². The Labute approximate surface area is 250 Å². The fourth-order valence-corrected chi connectivity index (χ4v) is 4.98. The van der Waals surface area contributed by atoms with E-state index in [2.05, 4.69) is 16.0 Å². The summed E-state index contributed by atoms with van der Waals surface area (Å²) in [5.74, 6) is -2.16. The van der Waals surface area contributed by atoms with Gasteiger partial charge in [0.1, 0.15) is 0 Å². The van der Waals surface area contributed by atoms with Crippen molar-refractivity contribution in [3.05, 3.63) is 59.7 Å². The fourth-order valence-electron chi connectivity index (χ4n) is 4.98. The summed E-state index contributed by atoms with van der Waals surface area (Å²) in [6.07, 6.45) is 3.05. The van der Waals surface area contributed by atoms with Crippen molar-refractivity contribution in [2.75, 3.05) is 42.4 Å². The molecule has 0 bridgehead atoms. The molecule has 2 aliphatic rings. The molecule has 43 heavy (non-hydrogen) atoms. The number of fused-ring (bicyclic) bond motifs is 2. The summed E-state index contributed by atoms with van der Waals surface area (Å²) in [5, 5.41) is 9.68. The Morgan fingerprint density at radius 1 is 0.628 bits per heavy atom. The number of anilines is 4. The lowest BCUT2D eigenvalue weighted by atomic mass is 9.88. The van der Waals surface area contributed by atoms with Crippen LogP contribution in [0.4, 0.5) is 22.7 Å². The molecule has 0 spiro atoms. The summed E-state index contributed by atoms with van der Waals surface area (Å²) in [6, 6.07) is 10.7. The van der Waals surface area contributed by atoms with Crippen LogP contribution in [0.3, 0.4) is 0 Å². The highest BCUT2D eigenvalue weighted by molar-refractivity contribution is 6.22. The molecule has 2 atom stereocenters. The van der Waals surface area contributed by atoms with Crippen molar-refractivity contribution in [2.24, 2.45) is 0 Å². The predicted molar refractivity (Wildman–Crippen MR) is 163 cm³/mol. The zero-order chi connectivity index (χ0) is 31.4. The number of benzene rings is 2. The van der Waals surface area contributed by atoms with Crippen LogP contribution in [0.5, 0.6) is 0 Å². The van der Waals surface area contributed by atoms with Gasteiger partial charge in [-0.1, -0.05) is 0 Å². The summed E-state index contributed by atoms with van der Waals surface area (Å²) >= 11 is 0. The van der Waals surface area contributed by atoms with Gasteiger partial charge < -0.3 is 34.9 Å². The van der Waals surface area contributed by atoms with Crippen LogP contribution < -0.4 is 16.0 Å². The van der Waals surface area contributed by atoms with Crippen molar-refractivity contribution < 1.29 is 38.1 Å². The smallest absolute Gasteiger partial charge is 0.338 e. The Balaban J connectivity index is 1.70. The van der Waals surface area contributed by atoms with Crippen LogP contribution in [-0.2, 0) is 38.1 Å². The van der Waals surface area contributed by atoms with E-state index in [0.29, 0.717) is 33.9 Å². The number of hydrogen-bond acceptors (Lipinski definition) is 11. The Bertz CT molecular complexity index is 1400. The minimum Gasteiger partial charge on any atom is -0.464 e. The Kier molecular flexibility index (Phi) is 9.13. The third-order valence-electron chi connectivity index (χ3n) is 6.95. The molecule has 0 saturated heterocycles. The molecule has 0 fully saturated rings. The number of nitrogens with one attached hydrogen (secondary N) is 3. The van der Waals surface area contributed by atoms with Crippen molar-refractivity contribution in [1.82, 2.24) is 0 Å². The lowest BCUT2D eigenvalue weighted by Crippen LogP contribution is -2.45. The summed E-state index contributed by atoms with van der Waals surface area (Å²) in [4.78, 5) is 51.4. The van der Waals surface area contributed by atoms with E-state index >= 15 is 0 Å². The van der Waals surface area contributed by atoms with Crippen molar-refractivity contribution >= 4 is 57.8 Å². The second-order valence-corrected chi connectivity index (χ2v) is 10.3. The molecule has 2 aliphatic heterocycles. The highest BCUT2D eigenvalue weighted by atomic mass is 16.5. The van der Waals surface area contributed by atoms with E-state index < -0.39 is 35.0 Å². The van der Waals surface area contributed by atoms with Gasteiger partial charge in [-0.25, -0.2) is 19.2 Å². The summed E-state index contributed by atoms with van der Waals surface area (Å²) in [6.45, 7) is 10.9. The maximum Gasteiger partial charge on any atom is 0.338 e. The number of carbonyl (C=O) groups excluding carboxylic acids is 4. The van der Waals surface area contributed by atoms with E-state index in [0.717, 1.165) is 0 Å². The molecular formula is C32H37N3O8. The quantitative estimate of drug-likeness (QED) is 0.259. The zero-order valence-electron chi connectivity index (χ0n) is 25.2. The van der Waals surface area contributed by atoms with Gasteiger partial charge in [-0.15, -0.1) is 0 Å². The molecule has 3 N–H and O–H groups in total. The first-order chi connectivity index (χ1) is 20.5. The Morgan fingerprint density at radius 2 is 1.00 bits per heavy atom. The molecule has 0 amide bonds. The van der Waals surface area contributed by atoms with Gasteiger partial charge in [-0.05, 0) is 90.1 Å². The molecule has 228 valence electrons. The second kappa shape index (κ2) is 12.6. The molecule has 0 aromatic heterocycles. The van der Waals surface area contributed by atoms with E-state index in [1.54, 1.807) is 77.9 Å². The van der Waals surface area contributed by atoms with E-state index in [-0.39, 0.29) is 37.6 Å². The van der Waals surface area contributed by atoms with E-state index in [1.807, 2.05) is 0 Å². The molecule has 0 radical (unpaired) electrons.